The van der Waals surface area contributed by atoms with Crippen LogP contribution in [0.3, 0.4) is 0 Å². The monoisotopic (exact) mass is 248 g/mol. The molecular formula is C13H10ClFN2. The molecule has 0 unspecified atom stereocenters. The van der Waals surface area contributed by atoms with Gasteiger partial charge < -0.3 is 5.32 Å². The van der Waals surface area contributed by atoms with Crippen LogP contribution in [-0.4, -0.2) is 4.98 Å². The summed E-state index contributed by atoms with van der Waals surface area (Å²) in [5, 5.41) is 3.74. The number of fused-ring (bicyclic) bond motifs is 1. The number of nitrogens with zero attached hydrogens (tertiary/aromatic N) is 1. The van der Waals surface area contributed by atoms with Gasteiger partial charge in [0, 0.05) is 30.9 Å². The highest BCUT2D eigenvalue weighted by Crippen LogP contribution is 2.30. The molecule has 0 aliphatic carbocycles. The van der Waals surface area contributed by atoms with Gasteiger partial charge in [-0.3, -0.25) is 0 Å². The number of hydrogen-bond donors (Lipinski definition) is 1. The van der Waals surface area contributed by atoms with E-state index in [9.17, 15) is 4.39 Å². The maximum Gasteiger partial charge on any atom is 0.213 e. The normalized spacial score (nSPS) is 13.8. The average molecular weight is 249 g/mol. The van der Waals surface area contributed by atoms with Crippen molar-refractivity contribution in [2.45, 2.75) is 13.1 Å². The van der Waals surface area contributed by atoms with Gasteiger partial charge in [-0.2, -0.15) is 4.39 Å². The van der Waals surface area contributed by atoms with Gasteiger partial charge >= 0.3 is 0 Å². The minimum atomic E-state index is -0.511. The first-order valence-corrected chi connectivity index (χ1v) is 5.76. The van der Waals surface area contributed by atoms with Gasteiger partial charge in [-0.15, -0.1) is 0 Å². The van der Waals surface area contributed by atoms with Crippen molar-refractivity contribution >= 4 is 11.6 Å². The second kappa shape index (κ2) is 4.09. The maximum absolute atomic E-state index is 13.1. The first-order chi connectivity index (χ1) is 8.24. The van der Waals surface area contributed by atoms with Crippen molar-refractivity contribution < 1.29 is 4.39 Å². The van der Waals surface area contributed by atoms with Crippen molar-refractivity contribution in [1.29, 1.82) is 0 Å². The fraction of sp³-hybridized carbons (Fsp3) is 0.154. The SMILES string of the molecule is Fc1cc(-c2ccc3c(c2)CNC3)c(Cl)cn1. The van der Waals surface area contributed by atoms with Gasteiger partial charge in [-0.25, -0.2) is 4.98 Å². The highest BCUT2D eigenvalue weighted by Gasteiger charge is 2.12. The molecule has 2 nitrogen and oxygen atoms in total. The molecule has 17 heavy (non-hydrogen) atoms. The van der Waals surface area contributed by atoms with Gasteiger partial charge in [0.1, 0.15) is 0 Å². The molecule has 0 radical (unpaired) electrons. The number of nitrogens with one attached hydrogen (secondary N) is 1. The van der Waals surface area contributed by atoms with Crippen LogP contribution in [0.2, 0.25) is 5.02 Å². The third kappa shape index (κ3) is 1.92. The van der Waals surface area contributed by atoms with Gasteiger partial charge in [0.05, 0.1) is 5.02 Å². The van der Waals surface area contributed by atoms with E-state index in [1.165, 1.54) is 23.4 Å². The molecule has 86 valence electrons. The van der Waals surface area contributed by atoms with Crippen LogP contribution < -0.4 is 5.32 Å². The molecule has 1 N–H and O–H groups in total. The van der Waals surface area contributed by atoms with E-state index < -0.39 is 5.95 Å². The number of benzene rings is 1. The summed E-state index contributed by atoms with van der Waals surface area (Å²) in [7, 11) is 0. The molecule has 1 aliphatic heterocycles. The van der Waals surface area contributed by atoms with Crippen molar-refractivity contribution in [2.24, 2.45) is 0 Å². The summed E-state index contributed by atoms with van der Waals surface area (Å²) in [6.07, 6.45) is 1.34. The van der Waals surface area contributed by atoms with Crippen LogP contribution >= 0.6 is 11.6 Å². The van der Waals surface area contributed by atoms with Gasteiger partial charge in [-0.1, -0.05) is 23.7 Å². The topological polar surface area (TPSA) is 24.9 Å². The largest absolute Gasteiger partial charge is 0.309 e. The van der Waals surface area contributed by atoms with E-state index in [-0.39, 0.29) is 0 Å². The van der Waals surface area contributed by atoms with E-state index in [4.69, 9.17) is 11.6 Å². The smallest absolute Gasteiger partial charge is 0.213 e. The van der Waals surface area contributed by atoms with Crippen molar-refractivity contribution in [2.75, 3.05) is 0 Å². The standard InChI is InChI=1S/C13H10ClFN2/c14-12-7-17-13(15)4-11(12)8-1-2-9-5-16-6-10(9)3-8/h1-4,7,16H,5-6H2. The number of hydrogen-bond acceptors (Lipinski definition) is 2. The van der Waals surface area contributed by atoms with Crippen molar-refractivity contribution in [1.82, 2.24) is 10.3 Å². The Hall–Kier alpha value is -1.45. The Kier molecular flexibility index (Phi) is 2.57. The quantitative estimate of drug-likeness (QED) is 0.785. The lowest BCUT2D eigenvalue weighted by atomic mass is 10.0. The van der Waals surface area contributed by atoms with E-state index in [0.29, 0.717) is 10.6 Å². The third-order valence-corrected chi connectivity index (χ3v) is 3.27. The van der Waals surface area contributed by atoms with Crippen molar-refractivity contribution in [3.63, 3.8) is 0 Å². The lowest BCUT2D eigenvalue weighted by molar-refractivity contribution is 0.584. The second-order valence-electron chi connectivity index (χ2n) is 4.07. The zero-order valence-electron chi connectivity index (χ0n) is 9.00. The molecule has 3 rings (SSSR count). The summed E-state index contributed by atoms with van der Waals surface area (Å²) < 4.78 is 13.1. The zero-order valence-corrected chi connectivity index (χ0v) is 9.76. The number of halogens is 2. The molecule has 0 bridgehead atoms. The molecule has 0 amide bonds. The van der Waals surface area contributed by atoms with Crippen LogP contribution in [0.15, 0.2) is 30.5 Å². The molecule has 2 heterocycles. The lowest BCUT2D eigenvalue weighted by Crippen LogP contribution is -1.99. The molecule has 1 aromatic carbocycles. The van der Waals surface area contributed by atoms with E-state index in [0.717, 1.165) is 18.7 Å². The van der Waals surface area contributed by atoms with Crippen LogP contribution in [0, 0.1) is 5.95 Å². The fourth-order valence-corrected chi connectivity index (χ4v) is 2.31. The van der Waals surface area contributed by atoms with E-state index in [1.54, 1.807) is 0 Å². The lowest BCUT2D eigenvalue weighted by Gasteiger charge is -2.06. The molecule has 0 spiro atoms. The summed E-state index contributed by atoms with van der Waals surface area (Å²) >= 11 is 6.04. The van der Waals surface area contributed by atoms with E-state index in [2.05, 4.69) is 22.4 Å². The van der Waals surface area contributed by atoms with Gasteiger partial charge in [0.2, 0.25) is 5.95 Å². The molecule has 4 heteroatoms. The first kappa shape index (κ1) is 10.7. The summed E-state index contributed by atoms with van der Waals surface area (Å²) in [6.45, 7) is 1.75. The number of aromatic nitrogens is 1. The van der Waals surface area contributed by atoms with Gasteiger partial charge in [-0.05, 0) is 22.8 Å². The van der Waals surface area contributed by atoms with Gasteiger partial charge in [0.15, 0.2) is 0 Å². The summed E-state index contributed by atoms with van der Waals surface area (Å²) in [5.41, 5.74) is 4.16. The minimum absolute atomic E-state index is 0.470. The molecule has 1 aromatic heterocycles. The van der Waals surface area contributed by atoms with Crippen LogP contribution in [0.25, 0.3) is 11.1 Å². The predicted molar refractivity (Wildman–Crippen MR) is 65.2 cm³/mol. The van der Waals surface area contributed by atoms with Crippen molar-refractivity contribution in [3.05, 3.63) is 52.6 Å². The number of rotatable bonds is 1. The summed E-state index contributed by atoms with van der Waals surface area (Å²) in [4.78, 5) is 3.53. The maximum atomic E-state index is 13.1. The van der Waals surface area contributed by atoms with Crippen LogP contribution in [0.4, 0.5) is 4.39 Å². The minimum Gasteiger partial charge on any atom is -0.309 e. The highest BCUT2D eigenvalue weighted by molar-refractivity contribution is 6.33. The van der Waals surface area contributed by atoms with Crippen LogP contribution in [0.1, 0.15) is 11.1 Å². The van der Waals surface area contributed by atoms with E-state index in [1.807, 2.05) is 6.07 Å². The molecule has 0 saturated heterocycles. The summed E-state index contributed by atoms with van der Waals surface area (Å²) in [6, 6.07) is 7.44. The average Bonchev–Trinajstić information content (AvgIpc) is 2.79. The Labute approximate surface area is 103 Å². The van der Waals surface area contributed by atoms with Crippen molar-refractivity contribution in [3.8, 4) is 11.1 Å². The molecule has 1 aliphatic rings. The van der Waals surface area contributed by atoms with Crippen LogP contribution in [0.5, 0.6) is 0 Å². The highest BCUT2D eigenvalue weighted by atomic mass is 35.5. The Bertz CT molecular complexity index is 584. The van der Waals surface area contributed by atoms with Crippen LogP contribution in [-0.2, 0) is 13.1 Å². The summed E-state index contributed by atoms with van der Waals surface area (Å²) in [5.74, 6) is -0.511. The third-order valence-electron chi connectivity index (χ3n) is 2.97. The molecular weight excluding hydrogens is 239 g/mol. The second-order valence-corrected chi connectivity index (χ2v) is 4.48. The first-order valence-electron chi connectivity index (χ1n) is 5.38. The Morgan fingerprint density at radius 1 is 1.18 bits per heavy atom. The Balaban J connectivity index is 2.12. The Morgan fingerprint density at radius 3 is 2.88 bits per heavy atom. The number of pyridine rings is 1. The molecule has 2 aromatic rings. The fourth-order valence-electron chi connectivity index (χ4n) is 2.10. The predicted octanol–water partition coefficient (Wildman–Crippen LogP) is 3.14. The van der Waals surface area contributed by atoms with E-state index >= 15 is 0 Å². The van der Waals surface area contributed by atoms with Gasteiger partial charge in [0.25, 0.3) is 0 Å². The zero-order chi connectivity index (χ0) is 11.8. The molecule has 0 fully saturated rings. The molecule has 0 saturated carbocycles. The Morgan fingerprint density at radius 2 is 2.00 bits per heavy atom. The molecule has 0 atom stereocenters.